The van der Waals surface area contributed by atoms with Crippen LogP contribution in [-0.2, 0) is 0 Å². The first-order chi connectivity index (χ1) is 12.2. The third-order valence-corrected chi connectivity index (χ3v) is 11.0. The maximum Gasteiger partial charge on any atom is 0.0594 e. The molecule has 0 aliphatic rings. The van der Waals surface area contributed by atoms with E-state index in [4.69, 9.17) is 0 Å². The molecule has 0 amide bonds. The highest BCUT2D eigenvalue weighted by atomic mass is 79.9. The van der Waals surface area contributed by atoms with Crippen LogP contribution < -0.4 is 0 Å². The summed E-state index contributed by atoms with van der Waals surface area (Å²) in [6.07, 6.45) is 30.0. The molecule has 0 rings (SSSR count). The number of hydrogen-bond acceptors (Lipinski definition) is 0. The smallest absolute Gasteiger partial charge is 0.0594 e. The van der Waals surface area contributed by atoms with Crippen LogP contribution in [0.1, 0.15) is 130 Å². The van der Waals surface area contributed by atoms with Gasteiger partial charge >= 0.3 is 0 Å². The molecular formula is C24H53BrP+. The van der Waals surface area contributed by atoms with Crippen molar-refractivity contribution in [3.05, 3.63) is 0 Å². The molecule has 0 aromatic heterocycles. The van der Waals surface area contributed by atoms with E-state index in [1.807, 2.05) is 0 Å². The Morgan fingerprint density at radius 2 is 0.615 bits per heavy atom. The molecule has 0 unspecified atom stereocenters. The van der Waals surface area contributed by atoms with Gasteiger partial charge in [-0.1, -0.05) is 98.3 Å². The minimum Gasteiger partial charge on any atom is -0.114 e. The molecule has 26 heavy (non-hydrogen) atoms. The van der Waals surface area contributed by atoms with Gasteiger partial charge in [0.15, 0.2) is 0 Å². The van der Waals surface area contributed by atoms with Crippen molar-refractivity contribution in [1.29, 1.82) is 0 Å². The standard InChI is InChI=1S/C24H52P.BrH/c1-5-9-13-14-15-16-17-18-19-20-24-25(21-10-6-2,22-11-7-3)23-12-8-4;/h5-24H2,1-4H3;1H/q+1;. The Morgan fingerprint density at radius 3 is 0.962 bits per heavy atom. The average molecular weight is 453 g/mol. The lowest BCUT2D eigenvalue weighted by Crippen LogP contribution is -2.13. The first-order valence-electron chi connectivity index (χ1n) is 12.1. The molecule has 0 nitrogen and oxygen atoms in total. The van der Waals surface area contributed by atoms with Crippen molar-refractivity contribution in [2.24, 2.45) is 0 Å². The second kappa shape index (κ2) is 22.2. The van der Waals surface area contributed by atoms with Crippen molar-refractivity contribution in [2.75, 3.05) is 24.6 Å². The molecule has 0 heterocycles. The molecule has 0 saturated heterocycles. The van der Waals surface area contributed by atoms with Crippen molar-refractivity contribution >= 4 is 24.2 Å². The van der Waals surface area contributed by atoms with Crippen molar-refractivity contribution < 1.29 is 0 Å². The molecule has 160 valence electrons. The first kappa shape index (κ1) is 29.1. The first-order valence-corrected chi connectivity index (χ1v) is 14.6. The highest BCUT2D eigenvalue weighted by Gasteiger charge is 2.34. The summed E-state index contributed by atoms with van der Waals surface area (Å²) in [5.74, 6) is 0. The molecular weight excluding hydrogens is 399 g/mol. The van der Waals surface area contributed by atoms with Crippen molar-refractivity contribution in [2.45, 2.75) is 130 Å². The van der Waals surface area contributed by atoms with E-state index >= 15 is 0 Å². The van der Waals surface area contributed by atoms with E-state index in [9.17, 15) is 0 Å². The second-order valence-corrected chi connectivity index (χ2v) is 13.0. The topological polar surface area (TPSA) is 0 Å². The molecule has 0 aliphatic heterocycles. The largest absolute Gasteiger partial charge is 0.114 e. The van der Waals surface area contributed by atoms with Gasteiger partial charge < -0.3 is 0 Å². The Labute approximate surface area is 179 Å². The molecule has 0 aliphatic carbocycles. The van der Waals surface area contributed by atoms with Crippen LogP contribution >= 0.6 is 24.2 Å². The zero-order valence-electron chi connectivity index (χ0n) is 19.0. The van der Waals surface area contributed by atoms with E-state index in [0.717, 1.165) is 0 Å². The number of hydrogen-bond donors (Lipinski definition) is 0. The molecule has 0 aromatic rings. The van der Waals surface area contributed by atoms with Crippen LogP contribution in [0.5, 0.6) is 0 Å². The van der Waals surface area contributed by atoms with E-state index in [1.165, 1.54) is 96.3 Å². The fourth-order valence-corrected chi connectivity index (χ4v) is 9.28. The normalized spacial score (nSPS) is 11.5. The van der Waals surface area contributed by atoms with E-state index in [2.05, 4.69) is 27.7 Å². The third kappa shape index (κ3) is 17.0. The third-order valence-electron chi connectivity index (χ3n) is 5.94. The quantitative estimate of drug-likeness (QED) is 0.127. The van der Waals surface area contributed by atoms with E-state index in [-0.39, 0.29) is 17.0 Å². The molecule has 0 radical (unpaired) electrons. The average Bonchev–Trinajstić information content (AvgIpc) is 2.64. The minimum absolute atomic E-state index is 0. The highest BCUT2D eigenvalue weighted by molar-refractivity contribution is 8.93. The van der Waals surface area contributed by atoms with E-state index < -0.39 is 7.26 Å². The molecule has 0 bridgehead atoms. The van der Waals surface area contributed by atoms with Crippen LogP contribution in [-0.4, -0.2) is 24.6 Å². The lowest BCUT2D eigenvalue weighted by atomic mass is 10.1. The van der Waals surface area contributed by atoms with Gasteiger partial charge in [0, 0.05) is 7.26 Å². The summed E-state index contributed by atoms with van der Waals surface area (Å²) in [6, 6.07) is 0. The molecule has 0 saturated carbocycles. The Bertz CT molecular complexity index is 233. The second-order valence-electron chi connectivity index (χ2n) is 8.48. The summed E-state index contributed by atoms with van der Waals surface area (Å²) in [7, 11) is -0.620. The number of halogens is 1. The summed E-state index contributed by atoms with van der Waals surface area (Å²) >= 11 is 0. The van der Waals surface area contributed by atoms with Gasteiger partial charge in [0.2, 0.25) is 0 Å². The molecule has 0 N–H and O–H groups in total. The lowest BCUT2D eigenvalue weighted by molar-refractivity contribution is 0.562. The Kier molecular flexibility index (Phi) is 24.9. The highest BCUT2D eigenvalue weighted by Crippen LogP contribution is 2.61. The Balaban J connectivity index is 0. The van der Waals surface area contributed by atoms with E-state index in [0.29, 0.717) is 0 Å². The summed E-state index contributed by atoms with van der Waals surface area (Å²) in [5.41, 5.74) is 0. The maximum absolute atomic E-state index is 2.38. The van der Waals surface area contributed by atoms with Gasteiger partial charge in [-0.3, -0.25) is 0 Å². The molecule has 0 aromatic carbocycles. The summed E-state index contributed by atoms with van der Waals surface area (Å²) in [5, 5.41) is 0. The van der Waals surface area contributed by atoms with Crippen molar-refractivity contribution in [3.8, 4) is 0 Å². The number of rotatable bonds is 20. The van der Waals surface area contributed by atoms with Crippen LogP contribution in [0.3, 0.4) is 0 Å². The fourth-order valence-electron chi connectivity index (χ4n) is 4.09. The minimum atomic E-state index is -0.620. The summed E-state index contributed by atoms with van der Waals surface area (Å²) in [6.45, 7) is 9.46. The van der Waals surface area contributed by atoms with Crippen molar-refractivity contribution in [3.63, 3.8) is 0 Å². The lowest BCUT2D eigenvalue weighted by Gasteiger charge is -2.28. The van der Waals surface area contributed by atoms with Gasteiger partial charge in [-0.25, -0.2) is 0 Å². The van der Waals surface area contributed by atoms with Gasteiger partial charge in [-0.15, -0.1) is 17.0 Å². The molecule has 2 heteroatoms. The van der Waals surface area contributed by atoms with Gasteiger partial charge in [-0.05, 0) is 32.1 Å². The monoisotopic (exact) mass is 451 g/mol. The molecule has 0 spiro atoms. The van der Waals surface area contributed by atoms with Crippen molar-refractivity contribution in [1.82, 2.24) is 0 Å². The van der Waals surface area contributed by atoms with Crippen LogP contribution in [0.15, 0.2) is 0 Å². The molecule has 0 fully saturated rings. The van der Waals surface area contributed by atoms with Crippen LogP contribution in [0.2, 0.25) is 0 Å². The van der Waals surface area contributed by atoms with Crippen LogP contribution in [0.4, 0.5) is 0 Å². The van der Waals surface area contributed by atoms with Gasteiger partial charge in [0.1, 0.15) is 0 Å². The Hall–Kier alpha value is 0.910. The fraction of sp³-hybridized carbons (Fsp3) is 1.00. The van der Waals surface area contributed by atoms with Gasteiger partial charge in [0.05, 0.1) is 24.6 Å². The predicted octanol–water partition coefficient (Wildman–Crippen LogP) is 9.90. The maximum atomic E-state index is 2.38. The van der Waals surface area contributed by atoms with E-state index in [1.54, 1.807) is 31.1 Å². The van der Waals surface area contributed by atoms with Gasteiger partial charge in [-0.2, -0.15) is 0 Å². The van der Waals surface area contributed by atoms with Crippen LogP contribution in [0.25, 0.3) is 0 Å². The Morgan fingerprint density at radius 1 is 0.346 bits per heavy atom. The zero-order chi connectivity index (χ0) is 18.6. The predicted molar refractivity (Wildman–Crippen MR) is 133 cm³/mol. The molecule has 0 atom stereocenters. The van der Waals surface area contributed by atoms with Crippen LogP contribution in [0, 0.1) is 0 Å². The summed E-state index contributed by atoms with van der Waals surface area (Å²) in [4.78, 5) is 0. The summed E-state index contributed by atoms with van der Waals surface area (Å²) < 4.78 is 0. The SMILES string of the molecule is Br.CCCCCCCCCCCC[P+](CCCC)(CCCC)CCCC. The van der Waals surface area contributed by atoms with Gasteiger partial charge in [0.25, 0.3) is 0 Å². The number of unbranched alkanes of at least 4 members (excludes halogenated alkanes) is 12. The zero-order valence-corrected chi connectivity index (χ0v) is 21.6.